The van der Waals surface area contributed by atoms with Gasteiger partial charge in [-0.05, 0) is 35.0 Å². The minimum atomic E-state index is -3.57. The van der Waals surface area contributed by atoms with Crippen LogP contribution in [0.15, 0.2) is 46.3 Å². The third-order valence-electron chi connectivity index (χ3n) is 2.37. The molecule has 0 aliphatic heterocycles. The van der Waals surface area contributed by atoms with Gasteiger partial charge in [0.15, 0.2) is 0 Å². The highest BCUT2D eigenvalue weighted by Crippen LogP contribution is 2.14. The van der Waals surface area contributed by atoms with E-state index in [0.29, 0.717) is 11.0 Å². The second-order valence-electron chi connectivity index (χ2n) is 4.09. The largest absolute Gasteiger partial charge is 0.271 e. The zero-order valence-electron chi connectivity index (χ0n) is 10.2. The fraction of sp³-hybridized carbons (Fsp3) is 0.273. The van der Waals surface area contributed by atoms with Gasteiger partial charge in [-0.1, -0.05) is 0 Å². The van der Waals surface area contributed by atoms with Crippen molar-refractivity contribution in [3.05, 3.63) is 41.4 Å². The van der Waals surface area contributed by atoms with Crippen molar-refractivity contribution in [1.82, 2.24) is 19.5 Å². The Bertz CT molecular complexity index is 642. The fourth-order valence-electron chi connectivity index (χ4n) is 1.60. The molecule has 1 unspecified atom stereocenters. The summed E-state index contributed by atoms with van der Waals surface area (Å²) in [6, 6.07) is 3.03. The number of halogens is 1. The molecule has 102 valence electrons. The van der Waals surface area contributed by atoms with Crippen LogP contribution in [0, 0.1) is 0 Å². The molecule has 2 aromatic rings. The normalized spacial score (nSPS) is 13.4. The van der Waals surface area contributed by atoms with Crippen molar-refractivity contribution in [2.24, 2.45) is 0 Å². The van der Waals surface area contributed by atoms with Gasteiger partial charge in [0.05, 0.1) is 6.54 Å². The number of aromatic nitrogens is 3. The van der Waals surface area contributed by atoms with Gasteiger partial charge in [-0.25, -0.2) is 13.1 Å². The second kappa shape index (κ2) is 5.81. The van der Waals surface area contributed by atoms with Gasteiger partial charge in [0.25, 0.3) is 0 Å². The van der Waals surface area contributed by atoms with Crippen LogP contribution in [0.4, 0.5) is 0 Å². The van der Waals surface area contributed by atoms with Gasteiger partial charge in [-0.15, -0.1) is 0 Å². The third-order valence-corrected chi connectivity index (χ3v) is 4.36. The smallest absolute Gasteiger partial charge is 0.242 e. The Morgan fingerprint density at radius 1 is 1.47 bits per heavy atom. The Morgan fingerprint density at radius 2 is 2.26 bits per heavy atom. The second-order valence-corrected chi connectivity index (χ2v) is 6.72. The average Bonchev–Trinajstić information content (AvgIpc) is 2.81. The molecule has 1 atom stereocenters. The van der Waals surface area contributed by atoms with Crippen molar-refractivity contribution in [2.75, 3.05) is 0 Å². The molecule has 6 nitrogen and oxygen atoms in total. The monoisotopic (exact) mass is 344 g/mol. The van der Waals surface area contributed by atoms with Gasteiger partial charge in [0.2, 0.25) is 10.0 Å². The summed E-state index contributed by atoms with van der Waals surface area (Å²) in [5.74, 6) is 0. The van der Waals surface area contributed by atoms with E-state index in [1.807, 2.05) is 0 Å². The highest BCUT2D eigenvalue weighted by Gasteiger charge is 2.18. The van der Waals surface area contributed by atoms with Crippen LogP contribution in [0.2, 0.25) is 0 Å². The Hall–Kier alpha value is -1.25. The van der Waals surface area contributed by atoms with Crippen molar-refractivity contribution in [3.63, 3.8) is 0 Å². The molecule has 2 aromatic heterocycles. The zero-order chi connectivity index (χ0) is 13.9. The van der Waals surface area contributed by atoms with E-state index in [9.17, 15) is 8.42 Å². The molecule has 8 heteroatoms. The maximum Gasteiger partial charge on any atom is 0.242 e. The van der Waals surface area contributed by atoms with E-state index in [1.54, 1.807) is 30.1 Å². The van der Waals surface area contributed by atoms with Crippen LogP contribution in [0.5, 0.6) is 0 Å². The van der Waals surface area contributed by atoms with Gasteiger partial charge in [-0.2, -0.15) is 5.10 Å². The molecule has 0 spiro atoms. The summed E-state index contributed by atoms with van der Waals surface area (Å²) >= 11 is 3.20. The van der Waals surface area contributed by atoms with Crippen molar-refractivity contribution < 1.29 is 8.42 Å². The predicted molar refractivity (Wildman–Crippen MR) is 73.9 cm³/mol. The van der Waals surface area contributed by atoms with Gasteiger partial charge >= 0.3 is 0 Å². The Labute approximate surface area is 120 Å². The minimum absolute atomic E-state index is 0.134. The summed E-state index contributed by atoms with van der Waals surface area (Å²) < 4.78 is 29.1. The molecular formula is C11H13BrN4O2S. The standard InChI is InChI=1S/C11H13BrN4O2S/c1-9(8-16-4-2-3-14-16)15-19(17,18)11-5-10(12)6-13-7-11/h2-7,9,15H,8H2,1H3. The lowest BCUT2D eigenvalue weighted by molar-refractivity contribution is 0.494. The van der Waals surface area contributed by atoms with E-state index < -0.39 is 10.0 Å². The predicted octanol–water partition coefficient (Wildman–Crippen LogP) is 1.41. The van der Waals surface area contributed by atoms with Crippen LogP contribution in [-0.2, 0) is 16.6 Å². The van der Waals surface area contributed by atoms with E-state index >= 15 is 0 Å². The van der Waals surface area contributed by atoms with Crippen LogP contribution in [-0.4, -0.2) is 29.2 Å². The van der Waals surface area contributed by atoms with E-state index in [0.717, 1.165) is 0 Å². The summed E-state index contributed by atoms with van der Waals surface area (Å²) in [5, 5.41) is 4.04. The quantitative estimate of drug-likeness (QED) is 0.889. The molecule has 0 fully saturated rings. The molecule has 1 N–H and O–H groups in total. The van der Waals surface area contributed by atoms with Crippen LogP contribution in [0.25, 0.3) is 0 Å². The highest BCUT2D eigenvalue weighted by molar-refractivity contribution is 9.10. The maximum atomic E-state index is 12.1. The molecule has 0 radical (unpaired) electrons. The van der Waals surface area contributed by atoms with Gasteiger partial charge in [0, 0.05) is 35.3 Å². The topological polar surface area (TPSA) is 76.9 Å². The first-order chi connectivity index (χ1) is 8.97. The minimum Gasteiger partial charge on any atom is -0.271 e. The SMILES string of the molecule is CC(Cn1cccn1)NS(=O)(=O)c1cncc(Br)c1. The van der Waals surface area contributed by atoms with Crippen LogP contribution >= 0.6 is 15.9 Å². The first-order valence-electron chi connectivity index (χ1n) is 5.58. The third kappa shape index (κ3) is 3.85. The average molecular weight is 345 g/mol. The molecular weight excluding hydrogens is 332 g/mol. The van der Waals surface area contributed by atoms with Crippen LogP contribution < -0.4 is 4.72 Å². The van der Waals surface area contributed by atoms with Crippen LogP contribution in [0.3, 0.4) is 0 Å². The van der Waals surface area contributed by atoms with Crippen molar-refractivity contribution in [3.8, 4) is 0 Å². The summed E-state index contributed by atoms with van der Waals surface area (Å²) in [5.41, 5.74) is 0. The van der Waals surface area contributed by atoms with E-state index in [4.69, 9.17) is 0 Å². The Balaban J connectivity index is 2.09. The molecule has 0 bridgehead atoms. The molecule has 19 heavy (non-hydrogen) atoms. The number of nitrogens with one attached hydrogen (secondary N) is 1. The lowest BCUT2D eigenvalue weighted by atomic mass is 10.4. The van der Waals surface area contributed by atoms with Gasteiger partial charge < -0.3 is 0 Å². The molecule has 0 amide bonds. The van der Waals surface area contributed by atoms with E-state index in [2.05, 4.69) is 30.7 Å². The number of pyridine rings is 1. The summed E-state index contributed by atoms with van der Waals surface area (Å²) in [6.07, 6.45) is 6.28. The summed E-state index contributed by atoms with van der Waals surface area (Å²) in [4.78, 5) is 3.98. The summed E-state index contributed by atoms with van der Waals surface area (Å²) in [6.45, 7) is 2.25. The maximum absolute atomic E-state index is 12.1. The van der Waals surface area contributed by atoms with Crippen molar-refractivity contribution in [1.29, 1.82) is 0 Å². The van der Waals surface area contributed by atoms with E-state index in [1.165, 1.54) is 18.5 Å². The molecule has 0 saturated heterocycles. The number of sulfonamides is 1. The number of rotatable bonds is 5. The Morgan fingerprint density at radius 3 is 2.89 bits per heavy atom. The fourth-order valence-corrected chi connectivity index (χ4v) is 3.34. The first kappa shape index (κ1) is 14.2. The lowest BCUT2D eigenvalue weighted by Gasteiger charge is -2.14. The van der Waals surface area contributed by atoms with Crippen LogP contribution in [0.1, 0.15) is 6.92 Å². The molecule has 0 saturated carbocycles. The number of hydrogen-bond donors (Lipinski definition) is 1. The van der Waals surface area contributed by atoms with Crippen molar-refractivity contribution in [2.45, 2.75) is 24.4 Å². The lowest BCUT2D eigenvalue weighted by Crippen LogP contribution is -2.35. The molecule has 0 aromatic carbocycles. The number of nitrogens with zero attached hydrogens (tertiary/aromatic N) is 3. The molecule has 0 aliphatic carbocycles. The molecule has 2 heterocycles. The van der Waals surface area contributed by atoms with Gasteiger partial charge in [-0.3, -0.25) is 9.67 Å². The molecule has 0 aliphatic rings. The van der Waals surface area contributed by atoms with E-state index in [-0.39, 0.29) is 10.9 Å². The number of hydrogen-bond acceptors (Lipinski definition) is 4. The first-order valence-corrected chi connectivity index (χ1v) is 7.85. The Kier molecular flexibility index (Phi) is 4.33. The van der Waals surface area contributed by atoms with Crippen molar-refractivity contribution >= 4 is 26.0 Å². The van der Waals surface area contributed by atoms with Gasteiger partial charge in [0.1, 0.15) is 4.90 Å². The zero-order valence-corrected chi connectivity index (χ0v) is 12.6. The molecule has 2 rings (SSSR count). The summed E-state index contributed by atoms with van der Waals surface area (Å²) in [7, 11) is -3.57. The highest BCUT2D eigenvalue weighted by atomic mass is 79.9.